The van der Waals surface area contributed by atoms with Crippen molar-refractivity contribution in [3.63, 3.8) is 0 Å². The Labute approximate surface area is 108 Å². The highest BCUT2D eigenvalue weighted by Gasteiger charge is 2.25. The first-order chi connectivity index (χ1) is 8.70. The molecule has 2 heterocycles. The lowest BCUT2D eigenvalue weighted by Gasteiger charge is -2.34. The van der Waals surface area contributed by atoms with Crippen molar-refractivity contribution in [3.8, 4) is 0 Å². The van der Waals surface area contributed by atoms with Crippen LogP contribution in [0, 0.1) is 5.92 Å². The van der Waals surface area contributed by atoms with Gasteiger partial charge in [0.05, 0.1) is 6.10 Å². The zero-order valence-corrected chi connectivity index (χ0v) is 11.1. The van der Waals surface area contributed by atoms with E-state index >= 15 is 0 Å². The summed E-state index contributed by atoms with van der Waals surface area (Å²) in [5.41, 5.74) is 1.09. The molecule has 2 unspecified atom stereocenters. The van der Waals surface area contributed by atoms with Crippen LogP contribution in [0.15, 0.2) is 12.4 Å². The second-order valence-corrected chi connectivity index (χ2v) is 4.95. The number of nitrogens with one attached hydrogen (secondary N) is 1. The van der Waals surface area contributed by atoms with Gasteiger partial charge in [0.25, 0.3) is 0 Å². The van der Waals surface area contributed by atoms with Crippen molar-refractivity contribution in [2.75, 3.05) is 24.5 Å². The molecule has 2 atom stereocenters. The van der Waals surface area contributed by atoms with Gasteiger partial charge in [0.1, 0.15) is 0 Å². The number of piperidine rings is 1. The summed E-state index contributed by atoms with van der Waals surface area (Å²) in [7, 11) is 0. The number of rotatable bonds is 4. The predicted octanol–water partition coefficient (Wildman–Crippen LogP) is 0.793. The largest absolute Gasteiger partial charge is 0.391 e. The third kappa shape index (κ3) is 3.17. The highest BCUT2D eigenvalue weighted by molar-refractivity contribution is 5.31. The molecule has 0 saturated carbocycles. The van der Waals surface area contributed by atoms with E-state index in [4.69, 9.17) is 0 Å². The Kier molecular flexibility index (Phi) is 4.49. The van der Waals surface area contributed by atoms with E-state index in [-0.39, 0.29) is 6.10 Å². The first-order valence-electron chi connectivity index (χ1n) is 6.65. The van der Waals surface area contributed by atoms with Gasteiger partial charge in [-0.05, 0) is 18.9 Å². The molecule has 1 saturated heterocycles. The summed E-state index contributed by atoms with van der Waals surface area (Å²) in [6.07, 6.45) is 4.43. The van der Waals surface area contributed by atoms with E-state index in [1.54, 1.807) is 0 Å². The molecule has 1 aromatic rings. The van der Waals surface area contributed by atoms with Crippen molar-refractivity contribution in [2.45, 2.75) is 32.9 Å². The third-order valence-electron chi connectivity index (χ3n) is 3.47. The lowest BCUT2D eigenvalue weighted by Crippen LogP contribution is -2.43. The van der Waals surface area contributed by atoms with Crippen LogP contribution in [-0.2, 0) is 6.54 Å². The second kappa shape index (κ2) is 6.11. The van der Waals surface area contributed by atoms with Crippen molar-refractivity contribution >= 4 is 5.95 Å². The Morgan fingerprint density at radius 2 is 2.17 bits per heavy atom. The summed E-state index contributed by atoms with van der Waals surface area (Å²) >= 11 is 0. The number of β-amino-alcohol motifs (C(OH)–C–C–N with tert-alkyl or cyclic N) is 1. The van der Waals surface area contributed by atoms with Crippen molar-refractivity contribution < 1.29 is 5.11 Å². The molecule has 0 spiro atoms. The van der Waals surface area contributed by atoms with Gasteiger partial charge in [0.2, 0.25) is 5.95 Å². The lowest BCUT2D eigenvalue weighted by molar-refractivity contribution is 0.102. The van der Waals surface area contributed by atoms with Gasteiger partial charge < -0.3 is 15.3 Å². The van der Waals surface area contributed by atoms with Gasteiger partial charge in [-0.15, -0.1) is 0 Å². The molecule has 1 fully saturated rings. The van der Waals surface area contributed by atoms with Crippen molar-refractivity contribution in [1.29, 1.82) is 0 Å². The molecular formula is C13H22N4O. The molecular weight excluding hydrogens is 228 g/mol. The van der Waals surface area contributed by atoms with Gasteiger partial charge in [0.15, 0.2) is 0 Å². The number of aromatic nitrogens is 2. The standard InChI is InChI=1S/C13H22N4O/c1-3-14-6-11-7-15-13(16-8-11)17-5-4-10(2)12(18)9-17/h7-8,10,12,14,18H,3-6,9H2,1-2H3. The summed E-state index contributed by atoms with van der Waals surface area (Å²) in [6.45, 7) is 7.46. The Balaban J connectivity index is 1.97. The van der Waals surface area contributed by atoms with Crippen molar-refractivity contribution in [2.24, 2.45) is 5.92 Å². The molecule has 1 aliphatic rings. The molecule has 18 heavy (non-hydrogen) atoms. The summed E-state index contributed by atoms with van der Waals surface area (Å²) in [4.78, 5) is 10.8. The fourth-order valence-corrected chi connectivity index (χ4v) is 2.10. The van der Waals surface area contributed by atoms with Crippen LogP contribution in [0.5, 0.6) is 0 Å². The van der Waals surface area contributed by atoms with Crippen LogP contribution >= 0.6 is 0 Å². The number of hydrogen-bond donors (Lipinski definition) is 2. The number of aliphatic hydroxyl groups is 1. The number of anilines is 1. The maximum atomic E-state index is 9.87. The summed E-state index contributed by atoms with van der Waals surface area (Å²) in [5, 5.41) is 13.1. The molecule has 0 bridgehead atoms. The van der Waals surface area contributed by atoms with Crippen LogP contribution in [0.1, 0.15) is 25.8 Å². The Hall–Kier alpha value is -1.20. The summed E-state index contributed by atoms with van der Waals surface area (Å²) < 4.78 is 0. The van der Waals surface area contributed by atoms with Crippen LogP contribution in [-0.4, -0.2) is 40.8 Å². The molecule has 2 rings (SSSR count). The van der Waals surface area contributed by atoms with Crippen molar-refractivity contribution in [1.82, 2.24) is 15.3 Å². The Bertz CT molecular complexity index is 368. The number of aliphatic hydroxyl groups excluding tert-OH is 1. The molecule has 0 aliphatic carbocycles. The minimum atomic E-state index is -0.274. The molecule has 100 valence electrons. The van der Waals surface area contributed by atoms with Gasteiger partial charge in [-0.1, -0.05) is 13.8 Å². The number of hydrogen-bond acceptors (Lipinski definition) is 5. The maximum Gasteiger partial charge on any atom is 0.225 e. The lowest BCUT2D eigenvalue weighted by atomic mass is 9.96. The molecule has 0 aromatic carbocycles. The molecule has 0 radical (unpaired) electrons. The van der Waals surface area contributed by atoms with E-state index in [9.17, 15) is 5.11 Å². The monoisotopic (exact) mass is 250 g/mol. The molecule has 2 N–H and O–H groups in total. The molecule has 0 amide bonds. The number of nitrogens with zero attached hydrogens (tertiary/aromatic N) is 3. The first-order valence-corrected chi connectivity index (χ1v) is 6.65. The smallest absolute Gasteiger partial charge is 0.225 e. The van der Waals surface area contributed by atoms with Crippen LogP contribution in [0.4, 0.5) is 5.95 Å². The molecule has 5 heteroatoms. The van der Waals surface area contributed by atoms with Gasteiger partial charge in [-0.25, -0.2) is 9.97 Å². The normalized spacial score (nSPS) is 24.3. The van der Waals surface area contributed by atoms with Crippen LogP contribution < -0.4 is 10.2 Å². The average Bonchev–Trinajstić information content (AvgIpc) is 2.40. The van der Waals surface area contributed by atoms with Crippen LogP contribution in [0.3, 0.4) is 0 Å². The van der Waals surface area contributed by atoms with E-state index in [1.165, 1.54) is 0 Å². The van der Waals surface area contributed by atoms with Crippen LogP contribution in [0.25, 0.3) is 0 Å². The molecule has 1 aromatic heterocycles. The van der Waals surface area contributed by atoms with Crippen molar-refractivity contribution in [3.05, 3.63) is 18.0 Å². The van der Waals surface area contributed by atoms with Crippen LogP contribution in [0.2, 0.25) is 0 Å². The quantitative estimate of drug-likeness (QED) is 0.827. The van der Waals surface area contributed by atoms with Gasteiger partial charge in [-0.2, -0.15) is 0 Å². The highest BCUT2D eigenvalue weighted by atomic mass is 16.3. The summed E-state index contributed by atoms with van der Waals surface area (Å²) in [5.74, 6) is 1.09. The third-order valence-corrected chi connectivity index (χ3v) is 3.47. The minimum absolute atomic E-state index is 0.274. The topological polar surface area (TPSA) is 61.3 Å². The average molecular weight is 250 g/mol. The van der Waals surface area contributed by atoms with E-state index in [2.05, 4.69) is 34.0 Å². The first kappa shape index (κ1) is 13.2. The van der Waals surface area contributed by atoms with Gasteiger partial charge in [0, 0.05) is 37.6 Å². The second-order valence-electron chi connectivity index (χ2n) is 4.95. The van der Waals surface area contributed by atoms with E-state index in [0.717, 1.165) is 37.6 Å². The van der Waals surface area contributed by atoms with E-state index in [0.29, 0.717) is 12.5 Å². The SMILES string of the molecule is CCNCc1cnc(N2CCC(C)C(O)C2)nc1. The van der Waals surface area contributed by atoms with E-state index in [1.807, 2.05) is 12.4 Å². The maximum absolute atomic E-state index is 9.87. The highest BCUT2D eigenvalue weighted by Crippen LogP contribution is 2.20. The Morgan fingerprint density at radius 1 is 1.44 bits per heavy atom. The zero-order chi connectivity index (χ0) is 13.0. The van der Waals surface area contributed by atoms with Gasteiger partial charge >= 0.3 is 0 Å². The zero-order valence-electron chi connectivity index (χ0n) is 11.1. The molecule has 1 aliphatic heterocycles. The fraction of sp³-hybridized carbons (Fsp3) is 0.692. The minimum Gasteiger partial charge on any atom is -0.391 e. The Morgan fingerprint density at radius 3 is 2.78 bits per heavy atom. The predicted molar refractivity (Wildman–Crippen MR) is 71.4 cm³/mol. The van der Waals surface area contributed by atoms with E-state index < -0.39 is 0 Å². The fourth-order valence-electron chi connectivity index (χ4n) is 2.10. The summed E-state index contributed by atoms with van der Waals surface area (Å²) in [6, 6.07) is 0. The molecule has 5 nitrogen and oxygen atoms in total. The van der Waals surface area contributed by atoms with Gasteiger partial charge in [-0.3, -0.25) is 0 Å².